The fraction of sp³-hybridized carbons (Fsp3) is 0.188. The fourth-order valence-corrected chi connectivity index (χ4v) is 5.98. The van der Waals surface area contributed by atoms with Crippen LogP contribution in [0.1, 0.15) is 21.5 Å². The van der Waals surface area contributed by atoms with Gasteiger partial charge in [-0.3, -0.25) is 14.3 Å². The maximum Gasteiger partial charge on any atom is 0.416 e. The summed E-state index contributed by atoms with van der Waals surface area (Å²) >= 11 is 1.30. The van der Waals surface area contributed by atoms with Crippen molar-refractivity contribution < 1.29 is 22.4 Å². The lowest BCUT2D eigenvalue weighted by Gasteiger charge is -2.36. The highest BCUT2D eigenvalue weighted by Gasteiger charge is 2.31. The minimum absolute atomic E-state index is 0.115. The standard InChI is InChI=1S/C32H26F4N6OS/c33-27-11-1-2-12-28(27)40-14-16-41(17-15-40)30(43)23-7-3-6-22(18-23)21-44-31-39-38-29(24-8-5-13-37-20-24)42(31)26-10-4-9-25(19-26)32(34,35)36/h1-13,18-20H,14-17,21H2. The molecule has 2 aromatic heterocycles. The van der Waals surface area contributed by atoms with E-state index in [1.165, 1.54) is 23.9 Å². The molecule has 1 fully saturated rings. The van der Waals surface area contributed by atoms with Gasteiger partial charge in [0.2, 0.25) is 0 Å². The number of thioether (sulfide) groups is 1. The maximum absolute atomic E-state index is 14.2. The van der Waals surface area contributed by atoms with Gasteiger partial charge in [0.05, 0.1) is 16.9 Å². The van der Waals surface area contributed by atoms with Crippen LogP contribution in [0, 0.1) is 5.82 Å². The van der Waals surface area contributed by atoms with Crippen LogP contribution in [0.3, 0.4) is 0 Å². The molecule has 1 aliphatic heterocycles. The van der Waals surface area contributed by atoms with Crippen molar-refractivity contribution in [3.05, 3.63) is 120 Å². The molecule has 3 heterocycles. The molecule has 0 saturated carbocycles. The number of nitrogens with zero attached hydrogens (tertiary/aromatic N) is 6. The number of aromatic nitrogens is 4. The van der Waals surface area contributed by atoms with E-state index in [4.69, 9.17) is 0 Å². The van der Waals surface area contributed by atoms with E-state index >= 15 is 0 Å². The second kappa shape index (κ2) is 12.5. The molecule has 0 unspecified atom stereocenters. The molecule has 0 atom stereocenters. The first kappa shape index (κ1) is 29.4. The Bertz CT molecular complexity index is 1770. The van der Waals surface area contributed by atoms with Crippen LogP contribution in [0.25, 0.3) is 17.1 Å². The first-order chi connectivity index (χ1) is 21.3. The average Bonchev–Trinajstić information content (AvgIpc) is 3.48. The molecule has 1 amide bonds. The number of carbonyl (C=O) groups excluding carboxylic acids is 1. The molecule has 5 aromatic rings. The number of pyridine rings is 1. The van der Waals surface area contributed by atoms with Gasteiger partial charge in [0.25, 0.3) is 5.91 Å². The fourth-order valence-electron chi connectivity index (χ4n) is 5.08. The third-order valence-corrected chi connectivity index (χ3v) is 8.29. The number of amides is 1. The van der Waals surface area contributed by atoms with Crippen molar-refractivity contribution in [2.75, 3.05) is 31.1 Å². The van der Waals surface area contributed by atoms with Gasteiger partial charge in [0.15, 0.2) is 11.0 Å². The van der Waals surface area contributed by atoms with Gasteiger partial charge in [-0.1, -0.05) is 42.1 Å². The molecule has 224 valence electrons. The lowest BCUT2D eigenvalue weighted by atomic mass is 10.1. The van der Waals surface area contributed by atoms with Gasteiger partial charge >= 0.3 is 6.18 Å². The van der Waals surface area contributed by atoms with Gasteiger partial charge in [-0.15, -0.1) is 10.2 Å². The average molecular weight is 619 g/mol. The van der Waals surface area contributed by atoms with Gasteiger partial charge in [0.1, 0.15) is 5.82 Å². The highest BCUT2D eigenvalue weighted by molar-refractivity contribution is 7.98. The van der Waals surface area contributed by atoms with Gasteiger partial charge < -0.3 is 9.80 Å². The van der Waals surface area contributed by atoms with Gasteiger partial charge in [-0.05, 0) is 60.2 Å². The van der Waals surface area contributed by atoms with Crippen molar-refractivity contribution in [1.82, 2.24) is 24.6 Å². The van der Waals surface area contributed by atoms with E-state index in [1.807, 2.05) is 17.0 Å². The summed E-state index contributed by atoms with van der Waals surface area (Å²) in [6.45, 7) is 1.96. The second-order valence-corrected chi connectivity index (χ2v) is 11.1. The van der Waals surface area contributed by atoms with Crippen molar-refractivity contribution in [2.24, 2.45) is 0 Å². The Morgan fingerprint density at radius 1 is 0.864 bits per heavy atom. The van der Waals surface area contributed by atoms with Crippen molar-refractivity contribution in [3.63, 3.8) is 0 Å². The van der Waals surface area contributed by atoms with E-state index in [0.717, 1.165) is 17.7 Å². The Hall–Kier alpha value is -4.71. The Kier molecular flexibility index (Phi) is 8.34. The summed E-state index contributed by atoms with van der Waals surface area (Å²) < 4.78 is 56.5. The molecule has 6 rings (SSSR count). The predicted octanol–water partition coefficient (Wildman–Crippen LogP) is 6.74. The number of para-hydroxylation sites is 1. The molecule has 12 heteroatoms. The highest BCUT2D eigenvalue weighted by Crippen LogP contribution is 2.34. The van der Waals surface area contributed by atoms with Crippen LogP contribution >= 0.6 is 11.8 Å². The molecule has 44 heavy (non-hydrogen) atoms. The number of rotatable bonds is 7. The largest absolute Gasteiger partial charge is 0.416 e. The Morgan fingerprint density at radius 3 is 2.41 bits per heavy atom. The second-order valence-electron chi connectivity index (χ2n) is 10.2. The summed E-state index contributed by atoms with van der Waals surface area (Å²) in [7, 11) is 0. The van der Waals surface area contributed by atoms with Crippen molar-refractivity contribution in [2.45, 2.75) is 17.1 Å². The number of hydrogen-bond donors (Lipinski definition) is 0. The number of alkyl halides is 3. The van der Waals surface area contributed by atoms with E-state index in [9.17, 15) is 22.4 Å². The Labute approximate surface area is 255 Å². The summed E-state index contributed by atoms with van der Waals surface area (Å²) in [5.41, 5.74) is 1.99. The summed E-state index contributed by atoms with van der Waals surface area (Å²) in [6.07, 6.45) is -1.33. The molecule has 1 saturated heterocycles. The van der Waals surface area contributed by atoms with Crippen molar-refractivity contribution in [3.8, 4) is 17.1 Å². The Morgan fingerprint density at radius 2 is 1.66 bits per heavy atom. The maximum atomic E-state index is 14.2. The number of benzene rings is 3. The van der Waals surface area contributed by atoms with E-state index in [-0.39, 0.29) is 17.4 Å². The minimum Gasteiger partial charge on any atom is -0.366 e. The molecule has 7 nitrogen and oxygen atoms in total. The number of halogens is 4. The van der Waals surface area contributed by atoms with Crippen LogP contribution < -0.4 is 4.90 Å². The first-order valence-corrected chi connectivity index (χ1v) is 14.8. The molecule has 0 radical (unpaired) electrons. The lowest BCUT2D eigenvalue weighted by molar-refractivity contribution is -0.137. The van der Waals surface area contributed by atoms with Crippen LogP contribution in [0.2, 0.25) is 0 Å². The van der Waals surface area contributed by atoms with Crippen molar-refractivity contribution in [1.29, 1.82) is 0 Å². The predicted molar refractivity (Wildman–Crippen MR) is 160 cm³/mol. The van der Waals surface area contributed by atoms with Gasteiger partial charge in [-0.2, -0.15) is 13.2 Å². The summed E-state index contributed by atoms with van der Waals surface area (Å²) in [6, 6.07) is 22.4. The van der Waals surface area contributed by atoms with E-state index in [0.29, 0.717) is 59.7 Å². The van der Waals surface area contributed by atoms with Crippen LogP contribution in [0.4, 0.5) is 23.2 Å². The summed E-state index contributed by atoms with van der Waals surface area (Å²) in [4.78, 5) is 21.2. The number of piperazine rings is 1. The topological polar surface area (TPSA) is 67.2 Å². The zero-order valence-corrected chi connectivity index (χ0v) is 24.1. The summed E-state index contributed by atoms with van der Waals surface area (Å²) in [5, 5.41) is 8.99. The smallest absolute Gasteiger partial charge is 0.366 e. The lowest BCUT2D eigenvalue weighted by Crippen LogP contribution is -2.49. The Balaban J connectivity index is 1.20. The quantitative estimate of drug-likeness (QED) is 0.149. The number of anilines is 1. The van der Waals surface area contributed by atoms with Crippen LogP contribution in [0.15, 0.2) is 102 Å². The third-order valence-electron chi connectivity index (χ3n) is 7.29. The van der Waals surface area contributed by atoms with Crippen LogP contribution in [-0.4, -0.2) is 56.7 Å². The van der Waals surface area contributed by atoms with E-state index < -0.39 is 11.7 Å². The molecular weight excluding hydrogens is 592 g/mol. The molecule has 0 aliphatic carbocycles. The van der Waals surface area contributed by atoms with Crippen LogP contribution in [-0.2, 0) is 11.9 Å². The first-order valence-electron chi connectivity index (χ1n) is 13.8. The molecule has 3 aromatic carbocycles. The monoisotopic (exact) mass is 618 g/mol. The van der Waals surface area contributed by atoms with Gasteiger partial charge in [-0.25, -0.2) is 4.39 Å². The molecule has 1 aliphatic rings. The minimum atomic E-state index is -4.51. The van der Waals surface area contributed by atoms with E-state index in [1.54, 1.807) is 70.4 Å². The number of hydrogen-bond acceptors (Lipinski definition) is 6. The summed E-state index contributed by atoms with van der Waals surface area (Å²) in [5.74, 6) is 0.357. The van der Waals surface area contributed by atoms with Gasteiger partial charge in [0, 0.05) is 55.5 Å². The molecule has 0 N–H and O–H groups in total. The zero-order chi connectivity index (χ0) is 30.7. The third kappa shape index (κ3) is 6.30. The zero-order valence-electron chi connectivity index (χ0n) is 23.3. The normalized spacial score (nSPS) is 13.7. The molecule has 0 spiro atoms. The van der Waals surface area contributed by atoms with Crippen LogP contribution in [0.5, 0.6) is 0 Å². The molecule has 0 bridgehead atoms. The molecular formula is C32H26F4N6OS. The van der Waals surface area contributed by atoms with Crippen molar-refractivity contribution >= 4 is 23.4 Å². The van der Waals surface area contributed by atoms with E-state index in [2.05, 4.69) is 15.2 Å². The SMILES string of the molecule is O=C(c1cccc(CSc2nnc(-c3cccnc3)n2-c2cccc(C(F)(F)F)c2)c1)N1CCN(c2ccccc2F)CC1. The number of carbonyl (C=O) groups is 1. The highest BCUT2D eigenvalue weighted by atomic mass is 32.2.